The van der Waals surface area contributed by atoms with E-state index in [1.54, 1.807) is 0 Å². The second kappa shape index (κ2) is 2.75. The van der Waals surface area contributed by atoms with Crippen molar-refractivity contribution in [3.63, 3.8) is 0 Å². The number of benzene rings is 1. The molecule has 1 nitrogen and oxygen atoms in total. The molecule has 1 aromatic carbocycles. The lowest BCUT2D eigenvalue weighted by molar-refractivity contribution is 0.138. The number of hydrogen-bond donors (Lipinski definition) is 0. The Labute approximate surface area is 86.1 Å². The van der Waals surface area contributed by atoms with Crippen molar-refractivity contribution in [3.8, 4) is 5.75 Å². The molecule has 0 bridgehead atoms. The summed E-state index contributed by atoms with van der Waals surface area (Å²) in [7, 11) is 0. The predicted molar refractivity (Wildman–Crippen MR) is 59.1 cm³/mol. The number of ether oxygens (including phenoxy) is 1. The highest BCUT2D eigenvalue weighted by atomic mass is 16.5. The highest BCUT2D eigenvalue weighted by Crippen LogP contribution is 2.38. The molecule has 0 unspecified atom stereocenters. The van der Waals surface area contributed by atoms with Crippen molar-refractivity contribution < 1.29 is 4.74 Å². The lowest BCUT2D eigenvalue weighted by Crippen LogP contribution is -2.24. The number of aryl methyl sites for hydroxylation is 1. The Kier molecular flexibility index (Phi) is 1.88. The van der Waals surface area contributed by atoms with Gasteiger partial charge in [-0.25, -0.2) is 0 Å². The maximum atomic E-state index is 5.91. The molecule has 0 N–H and O–H groups in total. The first kappa shape index (κ1) is 9.57. The van der Waals surface area contributed by atoms with Gasteiger partial charge in [0, 0.05) is 12.0 Å². The summed E-state index contributed by atoms with van der Waals surface area (Å²) in [6.45, 7) is 10.8. The molecule has 76 valence electrons. The van der Waals surface area contributed by atoms with Crippen LogP contribution in [0.25, 0.3) is 0 Å². The topological polar surface area (TPSA) is 9.23 Å². The average molecular weight is 190 g/mol. The minimum atomic E-state index is -0.0205. The molecule has 0 aliphatic carbocycles. The van der Waals surface area contributed by atoms with Gasteiger partial charge in [-0.2, -0.15) is 0 Å². The highest BCUT2D eigenvalue weighted by Gasteiger charge is 2.31. The fourth-order valence-corrected chi connectivity index (χ4v) is 2.17. The Bertz CT molecular complexity index is 389. The van der Waals surface area contributed by atoms with Crippen molar-refractivity contribution in [2.45, 2.75) is 46.6 Å². The van der Waals surface area contributed by atoms with Crippen molar-refractivity contribution in [1.29, 1.82) is 0 Å². The van der Waals surface area contributed by atoms with Crippen LogP contribution in [0.2, 0.25) is 0 Å². The zero-order valence-electron chi connectivity index (χ0n) is 9.69. The summed E-state index contributed by atoms with van der Waals surface area (Å²) in [5.74, 6) is 1.09. The molecule has 14 heavy (non-hydrogen) atoms. The van der Waals surface area contributed by atoms with Crippen LogP contribution in [0, 0.1) is 20.8 Å². The second-order valence-corrected chi connectivity index (χ2v) is 4.96. The standard InChI is InChI=1S/C13H18O/c1-8-6-12-11(10(3)9(8)2)7-13(4,5)14-12/h6H,7H2,1-5H3. The third-order valence-electron chi connectivity index (χ3n) is 3.24. The van der Waals surface area contributed by atoms with E-state index in [2.05, 4.69) is 40.7 Å². The lowest BCUT2D eigenvalue weighted by atomic mass is 9.93. The Balaban J connectivity index is 2.59. The molecule has 0 aromatic heterocycles. The van der Waals surface area contributed by atoms with E-state index in [-0.39, 0.29) is 5.60 Å². The van der Waals surface area contributed by atoms with Gasteiger partial charge in [0.2, 0.25) is 0 Å². The summed E-state index contributed by atoms with van der Waals surface area (Å²) in [4.78, 5) is 0. The molecule has 1 aliphatic heterocycles. The Hall–Kier alpha value is -0.980. The minimum absolute atomic E-state index is 0.0205. The van der Waals surface area contributed by atoms with E-state index >= 15 is 0 Å². The quantitative estimate of drug-likeness (QED) is 0.609. The number of rotatable bonds is 0. The molecule has 1 heteroatoms. The maximum absolute atomic E-state index is 5.91. The van der Waals surface area contributed by atoms with Gasteiger partial charge in [0.1, 0.15) is 11.4 Å². The number of hydrogen-bond acceptors (Lipinski definition) is 1. The van der Waals surface area contributed by atoms with Gasteiger partial charge in [-0.1, -0.05) is 0 Å². The Morgan fingerprint density at radius 2 is 1.79 bits per heavy atom. The summed E-state index contributed by atoms with van der Waals surface area (Å²) in [6.07, 6.45) is 1.04. The molecule has 1 aliphatic rings. The van der Waals surface area contributed by atoms with Crippen LogP contribution in [0.3, 0.4) is 0 Å². The summed E-state index contributed by atoms with van der Waals surface area (Å²) in [6, 6.07) is 2.17. The smallest absolute Gasteiger partial charge is 0.124 e. The molecule has 0 spiro atoms. The van der Waals surface area contributed by atoms with Crippen LogP contribution in [0.1, 0.15) is 36.1 Å². The molecule has 1 heterocycles. The first-order valence-corrected chi connectivity index (χ1v) is 5.19. The molecule has 0 atom stereocenters. The van der Waals surface area contributed by atoms with E-state index in [1.165, 1.54) is 22.3 Å². The van der Waals surface area contributed by atoms with Crippen molar-refractivity contribution >= 4 is 0 Å². The molecule has 2 rings (SSSR count). The SMILES string of the molecule is Cc1cc2c(c(C)c1C)CC(C)(C)O2. The third-order valence-corrected chi connectivity index (χ3v) is 3.24. The zero-order valence-corrected chi connectivity index (χ0v) is 9.69. The van der Waals surface area contributed by atoms with Crippen LogP contribution in [-0.2, 0) is 6.42 Å². The van der Waals surface area contributed by atoms with Crippen LogP contribution in [0.4, 0.5) is 0 Å². The molecule has 0 saturated heterocycles. The van der Waals surface area contributed by atoms with Crippen LogP contribution in [0.15, 0.2) is 6.07 Å². The van der Waals surface area contributed by atoms with Gasteiger partial charge in [-0.05, 0) is 57.4 Å². The van der Waals surface area contributed by atoms with Crippen molar-refractivity contribution in [1.82, 2.24) is 0 Å². The lowest BCUT2D eigenvalue weighted by Gasteiger charge is -2.16. The third kappa shape index (κ3) is 1.31. The first-order valence-electron chi connectivity index (χ1n) is 5.19. The average Bonchev–Trinajstić information content (AvgIpc) is 2.37. The highest BCUT2D eigenvalue weighted by molar-refractivity contribution is 5.51. The van der Waals surface area contributed by atoms with Gasteiger partial charge in [0.25, 0.3) is 0 Å². The van der Waals surface area contributed by atoms with Crippen LogP contribution < -0.4 is 4.74 Å². The summed E-state index contributed by atoms with van der Waals surface area (Å²) in [5, 5.41) is 0. The minimum Gasteiger partial charge on any atom is -0.487 e. The summed E-state index contributed by atoms with van der Waals surface area (Å²) >= 11 is 0. The first-order chi connectivity index (χ1) is 6.41. The van der Waals surface area contributed by atoms with Crippen LogP contribution in [0.5, 0.6) is 5.75 Å². The Morgan fingerprint density at radius 3 is 2.43 bits per heavy atom. The zero-order chi connectivity index (χ0) is 10.5. The normalized spacial score (nSPS) is 17.8. The molecule has 0 amide bonds. The molecular weight excluding hydrogens is 172 g/mol. The predicted octanol–water partition coefficient (Wildman–Crippen LogP) is 3.33. The molecule has 0 saturated carbocycles. The Morgan fingerprint density at radius 1 is 1.14 bits per heavy atom. The summed E-state index contributed by atoms with van der Waals surface area (Å²) in [5.41, 5.74) is 5.53. The molecule has 0 fully saturated rings. The number of fused-ring (bicyclic) bond motifs is 1. The fourth-order valence-electron chi connectivity index (χ4n) is 2.17. The van der Waals surface area contributed by atoms with Crippen molar-refractivity contribution in [2.24, 2.45) is 0 Å². The molecule has 1 aromatic rings. The molecular formula is C13H18O. The van der Waals surface area contributed by atoms with Gasteiger partial charge in [-0.15, -0.1) is 0 Å². The molecule has 0 radical (unpaired) electrons. The maximum Gasteiger partial charge on any atom is 0.124 e. The van der Waals surface area contributed by atoms with E-state index in [4.69, 9.17) is 4.74 Å². The van der Waals surface area contributed by atoms with Crippen molar-refractivity contribution in [2.75, 3.05) is 0 Å². The second-order valence-electron chi connectivity index (χ2n) is 4.96. The van der Waals surface area contributed by atoms with Crippen LogP contribution in [-0.4, -0.2) is 5.60 Å². The van der Waals surface area contributed by atoms with E-state index < -0.39 is 0 Å². The van der Waals surface area contributed by atoms with Crippen molar-refractivity contribution in [3.05, 3.63) is 28.3 Å². The van der Waals surface area contributed by atoms with E-state index in [0.717, 1.165) is 12.2 Å². The van der Waals surface area contributed by atoms with Gasteiger partial charge in [0.15, 0.2) is 0 Å². The fraction of sp³-hybridized carbons (Fsp3) is 0.538. The van der Waals surface area contributed by atoms with Crippen LogP contribution >= 0.6 is 0 Å². The van der Waals surface area contributed by atoms with E-state index in [1.807, 2.05) is 0 Å². The van der Waals surface area contributed by atoms with Gasteiger partial charge in [0.05, 0.1) is 0 Å². The van der Waals surface area contributed by atoms with E-state index in [0.29, 0.717) is 0 Å². The largest absolute Gasteiger partial charge is 0.487 e. The summed E-state index contributed by atoms with van der Waals surface area (Å²) < 4.78 is 5.91. The van der Waals surface area contributed by atoms with E-state index in [9.17, 15) is 0 Å². The van der Waals surface area contributed by atoms with Gasteiger partial charge in [-0.3, -0.25) is 0 Å². The van der Waals surface area contributed by atoms with Gasteiger partial charge < -0.3 is 4.74 Å². The van der Waals surface area contributed by atoms with Gasteiger partial charge >= 0.3 is 0 Å². The monoisotopic (exact) mass is 190 g/mol.